The predicted molar refractivity (Wildman–Crippen MR) is 90.1 cm³/mol. The molecule has 4 heteroatoms. The zero-order valence-corrected chi connectivity index (χ0v) is 14.3. The Bertz CT molecular complexity index is 385. The van der Waals surface area contributed by atoms with Crippen molar-refractivity contribution < 1.29 is 0 Å². The molecule has 1 aliphatic carbocycles. The summed E-state index contributed by atoms with van der Waals surface area (Å²) in [5.41, 5.74) is 8.11. The van der Waals surface area contributed by atoms with Crippen molar-refractivity contribution >= 4 is 46.6 Å². The van der Waals surface area contributed by atoms with Crippen molar-refractivity contribution in [2.24, 2.45) is 5.73 Å². The Labute approximate surface area is 134 Å². The summed E-state index contributed by atoms with van der Waals surface area (Å²) >= 11 is 8.43. The summed E-state index contributed by atoms with van der Waals surface area (Å²) in [5.74, 6) is 0. The van der Waals surface area contributed by atoms with E-state index in [1.807, 2.05) is 12.1 Å². The highest BCUT2D eigenvalue weighted by Crippen LogP contribution is 2.54. The highest BCUT2D eigenvalue weighted by atomic mass is 127. The average molecular weight is 400 g/mol. The summed E-state index contributed by atoms with van der Waals surface area (Å²) in [5, 5.41) is 0.801. The first-order valence-corrected chi connectivity index (χ1v) is 7.71. The molecule has 18 heavy (non-hydrogen) atoms. The third-order valence-electron chi connectivity index (χ3n) is 4.01. The van der Waals surface area contributed by atoms with E-state index in [4.69, 9.17) is 17.3 Å². The molecular formula is C14H20Cl2IN. The van der Waals surface area contributed by atoms with E-state index in [1.54, 1.807) is 0 Å². The molecule has 0 spiro atoms. The van der Waals surface area contributed by atoms with Crippen LogP contribution in [0.15, 0.2) is 24.3 Å². The van der Waals surface area contributed by atoms with Gasteiger partial charge in [-0.3, -0.25) is 0 Å². The summed E-state index contributed by atoms with van der Waals surface area (Å²) in [6, 6.07) is 8.26. The number of rotatable bonds is 4. The normalized spacial score (nSPS) is 20.4. The van der Waals surface area contributed by atoms with E-state index >= 15 is 0 Å². The van der Waals surface area contributed by atoms with Gasteiger partial charge in [0.15, 0.2) is 0 Å². The maximum absolute atomic E-state index is 6.59. The van der Waals surface area contributed by atoms with E-state index in [2.05, 4.69) is 41.6 Å². The van der Waals surface area contributed by atoms with Gasteiger partial charge >= 0.3 is 0 Å². The van der Waals surface area contributed by atoms with Crippen LogP contribution in [0.3, 0.4) is 0 Å². The third-order valence-corrected chi connectivity index (χ3v) is 5.84. The minimum absolute atomic E-state index is 0. The van der Waals surface area contributed by atoms with Gasteiger partial charge in [0.1, 0.15) is 0 Å². The van der Waals surface area contributed by atoms with E-state index in [0.717, 1.165) is 17.9 Å². The smallest absolute Gasteiger partial charge is 0.0777 e. The molecule has 0 aromatic heterocycles. The Morgan fingerprint density at radius 2 is 1.89 bits per heavy atom. The minimum Gasteiger partial charge on any atom is -0.316 e. The van der Waals surface area contributed by atoms with Crippen LogP contribution in [0.5, 0.6) is 0 Å². The number of hydrogen-bond donors (Lipinski definition) is 1. The second-order valence-corrected chi connectivity index (χ2v) is 7.42. The number of halogens is 3. The van der Waals surface area contributed by atoms with Crippen molar-refractivity contribution in [2.75, 3.05) is 0 Å². The Balaban J connectivity index is 0.00000162. The first-order valence-electron chi connectivity index (χ1n) is 6.26. The second-order valence-electron chi connectivity index (χ2n) is 5.06. The summed E-state index contributed by atoms with van der Waals surface area (Å²) in [6.07, 6.45) is 5.89. The summed E-state index contributed by atoms with van der Waals surface area (Å²) in [4.78, 5) is 0. The van der Waals surface area contributed by atoms with Crippen molar-refractivity contribution in [3.05, 3.63) is 34.9 Å². The quantitative estimate of drug-likeness (QED) is 0.426. The first kappa shape index (κ1) is 16.5. The molecular weight excluding hydrogens is 380 g/mol. The topological polar surface area (TPSA) is 26.0 Å². The maximum Gasteiger partial charge on any atom is 0.0777 e. The minimum atomic E-state index is -0.133. The van der Waals surface area contributed by atoms with E-state index in [0.29, 0.717) is 0 Å². The van der Waals surface area contributed by atoms with Crippen LogP contribution in [0.1, 0.15) is 44.6 Å². The van der Waals surface area contributed by atoms with Gasteiger partial charge in [0.25, 0.3) is 0 Å². The van der Waals surface area contributed by atoms with Crippen LogP contribution in [-0.2, 0) is 5.41 Å². The molecule has 1 saturated carbocycles. The van der Waals surface area contributed by atoms with Gasteiger partial charge in [0.05, 0.1) is 3.55 Å². The summed E-state index contributed by atoms with van der Waals surface area (Å²) < 4.78 is -0.133. The first-order chi connectivity index (χ1) is 8.02. The molecule has 0 bridgehead atoms. The molecule has 1 nitrogen and oxygen atoms in total. The molecule has 0 amide bonds. The molecule has 102 valence electrons. The van der Waals surface area contributed by atoms with Gasteiger partial charge in [0.2, 0.25) is 0 Å². The van der Waals surface area contributed by atoms with Crippen molar-refractivity contribution in [1.82, 2.24) is 0 Å². The third kappa shape index (κ3) is 2.82. The molecule has 1 fully saturated rings. The van der Waals surface area contributed by atoms with Crippen LogP contribution < -0.4 is 5.73 Å². The molecule has 1 unspecified atom stereocenters. The zero-order chi connectivity index (χ0) is 12.5. The lowest BCUT2D eigenvalue weighted by Gasteiger charge is -2.52. The average Bonchev–Trinajstić information content (AvgIpc) is 2.18. The molecule has 1 aromatic carbocycles. The van der Waals surface area contributed by atoms with E-state index in [-0.39, 0.29) is 21.4 Å². The molecule has 1 aromatic rings. The zero-order valence-electron chi connectivity index (χ0n) is 10.6. The summed E-state index contributed by atoms with van der Waals surface area (Å²) in [7, 11) is 0. The van der Waals surface area contributed by atoms with Crippen LogP contribution >= 0.6 is 46.6 Å². The molecule has 2 rings (SSSR count). The second kappa shape index (κ2) is 6.29. The van der Waals surface area contributed by atoms with Gasteiger partial charge in [-0.1, -0.05) is 66.1 Å². The van der Waals surface area contributed by atoms with Crippen molar-refractivity contribution in [2.45, 2.75) is 48.0 Å². The fraction of sp³-hybridized carbons (Fsp3) is 0.571. The Morgan fingerprint density at radius 1 is 1.33 bits per heavy atom. The Kier molecular flexibility index (Phi) is 5.78. The van der Waals surface area contributed by atoms with E-state index in [9.17, 15) is 0 Å². The van der Waals surface area contributed by atoms with Crippen LogP contribution in [0, 0.1) is 0 Å². The molecule has 0 saturated heterocycles. The van der Waals surface area contributed by atoms with Gasteiger partial charge in [-0.15, -0.1) is 12.4 Å². The van der Waals surface area contributed by atoms with Crippen molar-refractivity contribution in [3.63, 3.8) is 0 Å². The van der Waals surface area contributed by atoms with Gasteiger partial charge in [-0.25, -0.2) is 0 Å². The Morgan fingerprint density at radius 3 is 2.28 bits per heavy atom. The molecule has 0 heterocycles. The van der Waals surface area contributed by atoms with Gasteiger partial charge < -0.3 is 5.73 Å². The van der Waals surface area contributed by atoms with Crippen LogP contribution in [0.2, 0.25) is 5.02 Å². The van der Waals surface area contributed by atoms with Crippen LogP contribution in [0.4, 0.5) is 0 Å². The number of alkyl halides is 1. The van der Waals surface area contributed by atoms with Crippen molar-refractivity contribution in [3.8, 4) is 0 Å². The monoisotopic (exact) mass is 399 g/mol. The molecule has 1 aliphatic rings. The number of hydrogen-bond acceptors (Lipinski definition) is 1. The van der Waals surface area contributed by atoms with Gasteiger partial charge in [0, 0.05) is 10.4 Å². The molecule has 0 aliphatic heterocycles. The lowest BCUT2D eigenvalue weighted by atomic mass is 9.59. The standard InChI is InChI=1S/C14H19ClIN.ClH/c1-2-8-14(16,17)13(9-3-10-13)11-4-6-12(15)7-5-11;/h4-7H,2-3,8-10,17H2,1H3;1H. The SMILES string of the molecule is CCCC(N)(I)C1(c2ccc(Cl)cc2)CCC1.Cl. The van der Waals surface area contributed by atoms with Gasteiger partial charge in [-0.2, -0.15) is 0 Å². The summed E-state index contributed by atoms with van der Waals surface area (Å²) in [6.45, 7) is 2.20. The molecule has 1 atom stereocenters. The fourth-order valence-corrected chi connectivity index (χ4v) is 4.36. The number of nitrogens with two attached hydrogens (primary N) is 1. The predicted octanol–water partition coefficient (Wildman–Crippen LogP) is 5.07. The van der Waals surface area contributed by atoms with Gasteiger partial charge in [-0.05, 0) is 37.0 Å². The maximum atomic E-state index is 6.59. The van der Waals surface area contributed by atoms with Crippen LogP contribution in [-0.4, -0.2) is 3.55 Å². The number of benzene rings is 1. The van der Waals surface area contributed by atoms with E-state index in [1.165, 1.54) is 24.8 Å². The Hall–Kier alpha value is 0.490. The highest BCUT2D eigenvalue weighted by molar-refractivity contribution is 14.1. The lowest BCUT2D eigenvalue weighted by molar-refractivity contribution is 0.177. The van der Waals surface area contributed by atoms with Crippen LogP contribution in [0.25, 0.3) is 0 Å². The largest absolute Gasteiger partial charge is 0.316 e. The highest BCUT2D eigenvalue weighted by Gasteiger charge is 2.51. The lowest BCUT2D eigenvalue weighted by Crippen LogP contribution is -2.57. The van der Waals surface area contributed by atoms with E-state index < -0.39 is 0 Å². The fourth-order valence-electron chi connectivity index (χ4n) is 2.85. The molecule has 0 radical (unpaired) electrons. The molecule has 2 N–H and O–H groups in total. The van der Waals surface area contributed by atoms with Crippen molar-refractivity contribution in [1.29, 1.82) is 0 Å².